The van der Waals surface area contributed by atoms with Gasteiger partial charge in [0.2, 0.25) is 0 Å². The topological polar surface area (TPSA) is 44.8 Å². The van der Waals surface area contributed by atoms with Crippen LogP contribution in [0.5, 0.6) is 0 Å². The van der Waals surface area contributed by atoms with Crippen LogP contribution in [0.1, 0.15) is 0 Å². The van der Waals surface area contributed by atoms with Gasteiger partial charge in [-0.05, 0) is 21.1 Å². The van der Waals surface area contributed by atoms with Crippen molar-refractivity contribution in [2.24, 2.45) is 0 Å². The van der Waals surface area contributed by atoms with E-state index in [1.165, 1.54) is 0 Å². The number of likely N-dealkylation sites (N-methyl/N-ethyl adjacent to an activating group) is 2. The van der Waals surface area contributed by atoms with Crippen LogP contribution in [0.25, 0.3) is 0 Å². The summed E-state index contributed by atoms with van der Waals surface area (Å²) in [5, 5.41) is 2.74. The van der Waals surface area contributed by atoms with Crippen LogP contribution in [0, 0.1) is 0 Å². The average molecular weight is 189 g/mol. The molecule has 0 fully saturated rings. The smallest absolute Gasteiger partial charge is 0.410 e. The molecule has 0 aliphatic heterocycles. The van der Waals surface area contributed by atoms with E-state index in [9.17, 15) is 4.79 Å². The van der Waals surface area contributed by atoms with Gasteiger partial charge in [-0.3, -0.25) is 5.32 Å². The predicted octanol–water partition coefficient (Wildman–Crippen LogP) is -0.207. The van der Waals surface area contributed by atoms with Crippen molar-refractivity contribution < 1.29 is 9.53 Å². The fourth-order valence-electron chi connectivity index (χ4n) is 0.685. The van der Waals surface area contributed by atoms with Gasteiger partial charge in [0, 0.05) is 20.1 Å². The second-order valence-electron chi connectivity index (χ2n) is 3.13. The number of rotatable bonds is 5. The Morgan fingerprint density at radius 1 is 1.31 bits per heavy atom. The van der Waals surface area contributed by atoms with Crippen LogP contribution in [-0.2, 0) is 4.74 Å². The molecule has 0 saturated heterocycles. The number of hydrogen-bond donors (Lipinski definition) is 1. The lowest BCUT2D eigenvalue weighted by molar-refractivity contribution is 0.103. The Morgan fingerprint density at radius 3 is 2.38 bits per heavy atom. The molecule has 1 N–H and O–H groups in total. The van der Waals surface area contributed by atoms with Crippen LogP contribution in [-0.4, -0.2) is 63.9 Å². The van der Waals surface area contributed by atoms with Crippen molar-refractivity contribution in [3.63, 3.8) is 0 Å². The first kappa shape index (κ1) is 12.2. The second-order valence-corrected chi connectivity index (χ2v) is 3.13. The molecule has 0 heterocycles. The number of carbonyl (C=O) groups is 1. The van der Waals surface area contributed by atoms with Gasteiger partial charge in [0.25, 0.3) is 0 Å². The first-order valence-electron chi connectivity index (χ1n) is 4.25. The maximum atomic E-state index is 11.2. The van der Waals surface area contributed by atoms with Crippen molar-refractivity contribution >= 4 is 6.09 Å². The zero-order valence-electron chi connectivity index (χ0n) is 8.83. The Hall–Kier alpha value is -0.810. The molecule has 0 bridgehead atoms. The molecule has 0 unspecified atom stereocenters. The average Bonchev–Trinajstić information content (AvgIpc) is 2.10. The predicted molar refractivity (Wildman–Crippen MR) is 51.6 cm³/mol. The van der Waals surface area contributed by atoms with Crippen LogP contribution in [0.15, 0.2) is 0 Å². The molecule has 5 nitrogen and oxygen atoms in total. The van der Waals surface area contributed by atoms with Gasteiger partial charge >= 0.3 is 6.09 Å². The monoisotopic (exact) mass is 189 g/mol. The highest BCUT2D eigenvalue weighted by Crippen LogP contribution is 1.89. The Morgan fingerprint density at radius 2 is 1.92 bits per heavy atom. The molecule has 1 amide bonds. The lowest BCUT2D eigenvalue weighted by Crippen LogP contribution is -2.35. The van der Waals surface area contributed by atoms with Gasteiger partial charge in [0.15, 0.2) is 0 Å². The maximum absolute atomic E-state index is 11.2. The standard InChI is InChI=1S/C8H19N3O2/c1-9-7-13-8(12)11(4)6-5-10(2)3/h9H,5-7H2,1-4H3. The van der Waals surface area contributed by atoms with Gasteiger partial charge in [-0.1, -0.05) is 0 Å². The quantitative estimate of drug-likeness (QED) is 0.608. The molecule has 13 heavy (non-hydrogen) atoms. The molecule has 5 heteroatoms. The summed E-state index contributed by atoms with van der Waals surface area (Å²) in [7, 11) is 7.38. The summed E-state index contributed by atoms with van der Waals surface area (Å²) in [4.78, 5) is 14.7. The summed E-state index contributed by atoms with van der Waals surface area (Å²) < 4.78 is 4.84. The maximum Gasteiger partial charge on any atom is 0.410 e. The second kappa shape index (κ2) is 6.68. The molecule has 0 aromatic carbocycles. The van der Waals surface area contributed by atoms with E-state index >= 15 is 0 Å². The first-order chi connectivity index (χ1) is 6.07. The van der Waals surface area contributed by atoms with Gasteiger partial charge in [0.05, 0.1) is 0 Å². The van der Waals surface area contributed by atoms with Crippen LogP contribution in [0.4, 0.5) is 4.79 Å². The van der Waals surface area contributed by atoms with Crippen LogP contribution in [0.3, 0.4) is 0 Å². The summed E-state index contributed by atoms with van der Waals surface area (Å²) >= 11 is 0. The Labute approximate surface area is 79.6 Å². The van der Waals surface area contributed by atoms with Crippen LogP contribution >= 0.6 is 0 Å². The zero-order valence-corrected chi connectivity index (χ0v) is 8.83. The molecular weight excluding hydrogens is 170 g/mol. The first-order valence-corrected chi connectivity index (χ1v) is 4.25. The van der Waals surface area contributed by atoms with E-state index in [0.29, 0.717) is 6.54 Å². The number of hydrogen-bond acceptors (Lipinski definition) is 4. The molecule has 0 aliphatic rings. The van der Waals surface area contributed by atoms with Crippen molar-refractivity contribution in [2.75, 3.05) is 48.0 Å². The third kappa shape index (κ3) is 6.36. The third-order valence-electron chi connectivity index (χ3n) is 1.53. The van der Waals surface area contributed by atoms with E-state index in [-0.39, 0.29) is 12.8 Å². The van der Waals surface area contributed by atoms with E-state index in [1.54, 1.807) is 19.0 Å². The van der Waals surface area contributed by atoms with Crippen molar-refractivity contribution in [2.45, 2.75) is 0 Å². The van der Waals surface area contributed by atoms with Gasteiger partial charge < -0.3 is 14.5 Å². The third-order valence-corrected chi connectivity index (χ3v) is 1.53. The summed E-state index contributed by atoms with van der Waals surface area (Å²) in [5.41, 5.74) is 0. The lowest BCUT2D eigenvalue weighted by Gasteiger charge is -2.18. The number of ether oxygens (including phenoxy) is 1. The summed E-state index contributed by atoms with van der Waals surface area (Å²) in [6.45, 7) is 1.77. The molecule has 0 rings (SSSR count). The molecule has 0 atom stereocenters. The summed E-state index contributed by atoms with van der Waals surface area (Å²) in [5.74, 6) is 0. The van der Waals surface area contributed by atoms with Gasteiger partial charge in [0.1, 0.15) is 6.73 Å². The van der Waals surface area contributed by atoms with E-state index in [4.69, 9.17) is 4.74 Å². The van der Waals surface area contributed by atoms with Gasteiger partial charge in [-0.2, -0.15) is 0 Å². The van der Waals surface area contributed by atoms with Crippen LogP contribution in [0.2, 0.25) is 0 Å². The highest BCUT2D eigenvalue weighted by Gasteiger charge is 2.08. The lowest BCUT2D eigenvalue weighted by atomic mass is 10.5. The van der Waals surface area contributed by atoms with E-state index in [2.05, 4.69) is 5.32 Å². The van der Waals surface area contributed by atoms with E-state index < -0.39 is 0 Å². The largest absolute Gasteiger partial charge is 0.433 e. The van der Waals surface area contributed by atoms with Crippen molar-refractivity contribution in [1.82, 2.24) is 15.1 Å². The number of amides is 1. The highest BCUT2D eigenvalue weighted by atomic mass is 16.6. The highest BCUT2D eigenvalue weighted by molar-refractivity contribution is 5.67. The van der Waals surface area contributed by atoms with E-state index in [1.807, 2.05) is 19.0 Å². The molecule has 0 spiro atoms. The number of nitrogens with zero attached hydrogens (tertiary/aromatic N) is 2. The number of nitrogens with one attached hydrogen (secondary N) is 1. The fraction of sp³-hybridized carbons (Fsp3) is 0.875. The minimum atomic E-state index is -0.295. The van der Waals surface area contributed by atoms with Crippen LogP contribution < -0.4 is 5.32 Å². The van der Waals surface area contributed by atoms with Crippen molar-refractivity contribution in [1.29, 1.82) is 0 Å². The summed E-state index contributed by atoms with van der Waals surface area (Å²) in [6.07, 6.45) is -0.295. The molecule has 0 aromatic heterocycles. The van der Waals surface area contributed by atoms with Gasteiger partial charge in [-0.25, -0.2) is 4.79 Å². The minimum absolute atomic E-state index is 0.255. The molecule has 0 radical (unpaired) electrons. The Bertz CT molecular complexity index is 150. The molecular formula is C8H19N3O2. The zero-order chi connectivity index (χ0) is 10.3. The number of carbonyl (C=O) groups excluding carboxylic acids is 1. The van der Waals surface area contributed by atoms with Crippen molar-refractivity contribution in [3.05, 3.63) is 0 Å². The Balaban J connectivity index is 3.57. The normalized spacial score (nSPS) is 10.2. The molecule has 0 aromatic rings. The Kier molecular flexibility index (Phi) is 6.26. The molecule has 78 valence electrons. The molecule has 0 aliphatic carbocycles. The van der Waals surface area contributed by atoms with Crippen molar-refractivity contribution in [3.8, 4) is 0 Å². The van der Waals surface area contributed by atoms with E-state index in [0.717, 1.165) is 6.54 Å². The summed E-state index contributed by atoms with van der Waals surface area (Å²) in [6, 6.07) is 0. The molecule has 0 saturated carbocycles. The minimum Gasteiger partial charge on any atom is -0.433 e. The SMILES string of the molecule is CNCOC(=O)N(C)CCN(C)C. The fourth-order valence-corrected chi connectivity index (χ4v) is 0.685. The van der Waals surface area contributed by atoms with Gasteiger partial charge in [-0.15, -0.1) is 0 Å².